The summed E-state index contributed by atoms with van der Waals surface area (Å²) in [5, 5.41) is 2.71. The molecule has 1 N–H and O–H groups in total. The highest BCUT2D eigenvalue weighted by Gasteiger charge is 2.52. The monoisotopic (exact) mass is 410 g/mol. The molecule has 0 radical (unpaired) electrons. The number of carbonyl (C=O) groups is 4. The molecule has 1 saturated heterocycles. The van der Waals surface area contributed by atoms with Crippen molar-refractivity contribution in [3.8, 4) is 5.75 Å². The predicted molar refractivity (Wildman–Crippen MR) is 103 cm³/mol. The zero-order valence-electron chi connectivity index (χ0n) is 16.0. The van der Waals surface area contributed by atoms with E-state index in [0.717, 1.165) is 17.7 Å². The first-order valence-corrected chi connectivity index (χ1v) is 9.63. The summed E-state index contributed by atoms with van der Waals surface area (Å²) in [7, 11) is 0. The Morgan fingerprint density at radius 1 is 0.967 bits per heavy atom. The molecule has 3 amide bonds. The van der Waals surface area contributed by atoms with Crippen LogP contribution < -0.4 is 10.1 Å². The minimum absolute atomic E-state index is 0.179. The van der Waals surface area contributed by atoms with Gasteiger partial charge in [0.15, 0.2) is 5.78 Å². The van der Waals surface area contributed by atoms with E-state index in [9.17, 15) is 23.6 Å². The molecule has 2 aromatic carbocycles. The smallest absolute Gasteiger partial charge is 0.331 e. The van der Waals surface area contributed by atoms with Crippen molar-refractivity contribution in [3.63, 3.8) is 0 Å². The van der Waals surface area contributed by atoms with Crippen LogP contribution in [0.15, 0.2) is 48.5 Å². The van der Waals surface area contributed by atoms with Crippen LogP contribution in [0.4, 0.5) is 9.18 Å². The summed E-state index contributed by atoms with van der Waals surface area (Å²) in [5.74, 6) is -1.70. The Morgan fingerprint density at radius 3 is 2.13 bits per heavy atom. The van der Waals surface area contributed by atoms with E-state index >= 15 is 0 Å². The predicted octanol–water partition coefficient (Wildman–Crippen LogP) is 2.83. The standard InChI is InChI=1S/C22H19FN2O5/c23-16-7-3-14(4-8-16)19(27)15-5-9-17(10-6-15)30-18(26)13-25-20(28)22(24-21(25)29)11-1-2-12-22/h3-10H,1-2,11-13H2,(H,24,29). The molecule has 8 heteroatoms. The molecular weight excluding hydrogens is 391 g/mol. The van der Waals surface area contributed by atoms with Crippen molar-refractivity contribution in [1.29, 1.82) is 0 Å². The van der Waals surface area contributed by atoms with Gasteiger partial charge in [-0.1, -0.05) is 12.8 Å². The van der Waals surface area contributed by atoms with Gasteiger partial charge >= 0.3 is 12.0 Å². The van der Waals surface area contributed by atoms with Crippen LogP contribution in [0, 0.1) is 5.82 Å². The van der Waals surface area contributed by atoms with Crippen molar-refractivity contribution in [3.05, 3.63) is 65.5 Å². The van der Waals surface area contributed by atoms with E-state index in [1.54, 1.807) is 0 Å². The molecule has 0 bridgehead atoms. The first-order valence-electron chi connectivity index (χ1n) is 9.63. The molecule has 1 aliphatic heterocycles. The van der Waals surface area contributed by atoms with Crippen LogP contribution in [0.25, 0.3) is 0 Å². The third-order valence-corrected chi connectivity index (χ3v) is 5.44. The molecule has 0 aromatic heterocycles. The molecule has 30 heavy (non-hydrogen) atoms. The van der Waals surface area contributed by atoms with E-state index in [4.69, 9.17) is 4.74 Å². The van der Waals surface area contributed by atoms with Gasteiger partial charge < -0.3 is 10.1 Å². The molecule has 1 aliphatic carbocycles. The maximum atomic E-state index is 13.0. The average molecular weight is 410 g/mol. The third kappa shape index (κ3) is 3.68. The number of nitrogens with zero attached hydrogens (tertiary/aromatic N) is 1. The van der Waals surface area contributed by atoms with Crippen molar-refractivity contribution in [2.45, 2.75) is 31.2 Å². The summed E-state index contributed by atoms with van der Waals surface area (Å²) in [6.07, 6.45) is 2.86. The Labute approximate surface area is 171 Å². The quantitative estimate of drug-likeness (QED) is 0.354. The Bertz CT molecular complexity index is 1010. The summed E-state index contributed by atoms with van der Waals surface area (Å²) in [6, 6.07) is 10.5. The van der Waals surface area contributed by atoms with E-state index in [1.165, 1.54) is 48.5 Å². The van der Waals surface area contributed by atoms with Crippen LogP contribution in [-0.2, 0) is 9.59 Å². The highest BCUT2D eigenvalue weighted by molar-refractivity contribution is 6.09. The minimum atomic E-state index is -0.875. The Morgan fingerprint density at radius 2 is 1.53 bits per heavy atom. The van der Waals surface area contributed by atoms with Crippen molar-refractivity contribution in [2.75, 3.05) is 6.54 Å². The number of urea groups is 1. The molecule has 1 saturated carbocycles. The van der Waals surface area contributed by atoms with E-state index in [1.807, 2.05) is 0 Å². The van der Waals surface area contributed by atoms with Crippen molar-refractivity contribution in [1.82, 2.24) is 10.2 Å². The number of rotatable bonds is 5. The van der Waals surface area contributed by atoms with E-state index in [2.05, 4.69) is 5.32 Å². The van der Waals surface area contributed by atoms with Gasteiger partial charge in [-0.3, -0.25) is 14.5 Å². The average Bonchev–Trinajstić information content (AvgIpc) is 3.29. The number of ether oxygens (including phenoxy) is 1. The number of amides is 3. The van der Waals surface area contributed by atoms with E-state index < -0.39 is 29.9 Å². The zero-order chi connectivity index (χ0) is 21.3. The van der Waals surface area contributed by atoms with Crippen LogP contribution >= 0.6 is 0 Å². The lowest BCUT2D eigenvalue weighted by atomic mass is 9.98. The lowest BCUT2D eigenvalue weighted by Crippen LogP contribution is -2.44. The summed E-state index contributed by atoms with van der Waals surface area (Å²) in [4.78, 5) is 50.2. The Kier molecular flexibility index (Phi) is 5.07. The number of imide groups is 1. The van der Waals surface area contributed by atoms with Crippen LogP contribution in [0.3, 0.4) is 0 Å². The van der Waals surface area contributed by atoms with Gasteiger partial charge in [0.05, 0.1) is 0 Å². The SMILES string of the molecule is O=C(CN1C(=O)NC2(CCCC2)C1=O)Oc1ccc(C(=O)c2ccc(F)cc2)cc1. The fourth-order valence-corrected chi connectivity index (χ4v) is 3.87. The summed E-state index contributed by atoms with van der Waals surface area (Å²) < 4.78 is 18.2. The molecule has 0 unspecified atom stereocenters. The molecule has 1 heterocycles. The number of hydrogen-bond donors (Lipinski definition) is 1. The van der Waals surface area contributed by atoms with Gasteiger partial charge in [-0.05, 0) is 61.4 Å². The van der Waals surface area contributed by atoms with Crippen molar-refractivity contribution >= 4 is 23.7 Å². The highest BCUT2D eigenvalue weighted by atomic mass is 19.1. The van der Waals surface area contributed by atoms with Crippen LogP contribution in [-0.4, -0.2) is 40.7 Å². The second kappa shape index (κ2) is 7.70. The molecule has 2 aromatic rings. The lowest BCUT2D eigenvalue weighted by molar-refractivity contribution is -0.140. The number of hydrogen-bond acceptors (Lipinski definition) is 5. The van der Waals surface area contributed by atoms with Crippen molar-refractivity contribution < 1.29 is 28.3 Å². The van der Waals surface area contributed by atoms with E-state index in [0.29, 0.717) is 24.0 Å². The highest BCUT2D eigenvalue weighted by Crippen LogP contribution is 2.35. The number of nitrogens with one attached hydrogen (secondary N) is 1. The third-order valence-electron chi connectivity index (χ3n) is 5.44. The molecule has 0 atom stereocenters. The summed E-state index contributed by atoms with van der Waals surface area (Å²) in [5.41, 5.74) is -0.195. The summed E-state index contributed by atoms with van der Waals surface area (Å²) in [6.45, 7) is -0.483. The number of carbonyl (C=O) groups excluding carboxylic acids is 4. The number of ketones is 1. The summed E-state index contributed by atoms with van der Waals surface area (Å²) >= 11 is 0. The molecule has 2 fully saturated rings. The van der Waals surface area contributed by atoms with Gasteiger partial charge in [-0.25, -0.2) is 14.0 Å². The molecule has 7 nitrogen and oxygen atoms in total. The second-order valence-electron chi connectivity index (χ2n) is 7.45. The Hall–Kier alpha value is -3.55. The van der Waals surface area contributed by atoms with Gasteiger partial charge in [0.25, 0.3) is 5.91 Å². The molecule has 154 valence electrons. The van der Waals surface area contributed by atoms with Gasteiger partial charge in [0, 0.05) is 11.1 Å². The number of halogens is 1. The fourth-order valence-electron chi connectivity index (χ4n) is 3.87. The molecule has 1 spiro atoms. The van der Waals surface area contributed by atoms with Crippen LogP contribution in [0.1, 0.15) is 41.6 Å². The first-order chi connectivity index (χ1) is 14.4. The number of benzene rings is 2. The Balaban J connectivity index is 1.38. The van der Waals surface area contributed by atoms with Gasteiger partial charge in [0.1, 0.15) is 23.7 Å². The van der Waals surface area contributed by atoms with Crippen LogP contribution in [0.5, 0.6) is 5.75 Å². The van der Waals surface area contributed by atoms with Gasteiger partial charge in [-0.15, -0.1) is 0 Å². The molecular formula is C22H19FN2O5. The topological polar surface area (TPSA) is 92.8 Å². The second-order valence-corrected chi connectivity index (χ2v) is 7.45. The van der Waals surface area contributed by atoms with E-state index in [-0.39, 0.29) is 17.4 Å². The maximum Gasteiger partial charge on any atom is 0.331 e. The minimum Gasteiger partial charge on any atom is -0.425 e. The maximum absolute atomic E-state index is 13.0. The van der Waals surface area contributed by atoms with Gasteiger partial charge in [0.2, 0.25) is 0 Å². The molecule has 4 rings (SSSR count). The van der Waals surface area contributed by atoms with Crippen molar-refractivity contribution in [2.24, 2.45) is 0 Å². The fraction of sp³-hybridized carbons (Fsp3) is 0.273. The normalized spacial score (nSPS) is 17.3. The largest absolute Gasteiger partial charge is 0.425 e. The number of esters is 1. The lowest BCUT2D eigenvalue weighted by Gasteiger charge is -2.19. The van der Waals surface area contributed by atoms with Gasteiger partial charge in [-0.2, -0.15) is 0 Å². The first kappa shape index (κ1) is 19.8. The van der Waals surface area contributed by atoms with Crippen LogP contribution in [0.2, 0.25) is 0 Å². The molecule has 2 aliphatic rings. The zero-order valence-corrected chi connectivity index (χ0v) is 16.0.